The lowest BCUT2D eigenvalue weighted by atomic mass is 10.2. The molecule has 0 bridgehead atoms. The van der Waals surface area contributed by atoms with Crippen molar-refractivity contribution in [2.24, 2.45) is 0 Å². The van der Waals surface area contributed by atoms with Crippen molar-refractivity contribution in [3.05, 3.63) is 41.2 Å². The number of aromatic nitrogens is 1. The summed E-state index contributed by atoms with van der Waals surface area (Å²) < 4.78 is 10.9. The molecule has 0 unspecified atom stereocenters. The summed E-state index contributed by atoms with van der Waals surface area (Å²) in [4.78, 5) is 28.9. The van der Waals surface area contributed by atoms with E-state index >= 15 is 0 Å². The van der Waals surface area contributed by atoms with Crippen molar-refractivity contribution in [1.82, 2.24) is 9.88 Å². The van der Waals surface area contributed by atoms with Crippen LogP contribution in [0, 0.1) is 0 Å². The van der Waals surface area contributed by atoms with E-state index in [-0.39, 0.29) is 18.4 Å². The molecule has 2 aromatic rings. The predicted octanol–water partition coefficient (Wildman–Crippen LogP) is 2.54. The number of ether oxygens (including phenoxy) is 2. The monoisotopic (exact) mass is 363 g/mol. The van der Waals surface area contributed by atoms with E-state index in [2.05, 4.69) is 10.3 Å². The number of nitrogens with one attached hydrogen (secondary N) is 2. The molecule has 0 saturated carbocycles. The number of anilines is 1. The van der Waals surface area contributed by atoms with Crippen LogP contribution in [0.2, 0.25) is 5.02 Å². The van der Waals surface area contributed by atoms with Gasteiger partial charge in [-0.3, -0.25) is 9.59 Å². The Balaban J connectivity index is 1.63. The van der Waals surface area contributed by atoms with Gasteiger partial charge in [0, 0.05) is 24.5 Å². The lowest BCUT2D eigenvalue weighted by molar-refractivity contribution is -0.116. The first kappa shape index (κ1) is 17.2. The Labute approximate surface area is 149 Å². The molecule has 0 radical (unpaired) electrons. The highest BCUT2D eigenvalue weighted by molar-refractivity contribution is 6.31. The lowest BCUT2D eigenvalue weighted by Crippen LogP contribution is -2.38. The minimum Gasteiger partial charge on any atom is -0.486 e. The molecule has 2 N–H and O–H groups in total. The molecule has 0 fully saturated rings. The average Bonchev–Trinajstić information content (AvgIpc) is 3.05. The maximum absolute atomic E-state index is 12.4. The van der Waals surface area contributed by atoms with Crippen LogP contribution in [-0.4, -0.2) is 48.0 Å². The first-order valence-electron chi connectivity index (χ1n) is 7.89. The van der Waals surface area contributed by atoms with Crippen LogP contribution in [0.25, 0.3) is 0 Å². The van der Waals surface area contributed by atoms with Crippen molar-refractivity contribution in [3.63, 3.8) is 0 Å². The third-order valence-corrected chi connectivity index (χ3v) is 3.93. The number of fused-ring (bicyclic) bond motifs is 1. The number of halogens is 1. The molecular weight excluding hydrogens is 346 g/mol. The molecule has 8 heteroatoms. The molecule has 1 aromatic heterocycles. The molecule has 1 aliphatic heterocycles. The van der Waals surface area contributed by atoms with E-state index in [1.807, 2.05) is 0 Å². The van der Waals surface area contributed by atoms with Crippen molar-refractivity contribution in [1.29, 1.82) is 0 Å². The summed E-state index contributed by atoms with van der Waals surface area (Å²) in [7, 11) is 0. The largest absolute Gasteiger partial charge is 0.486 e. The van der Waals surface area contributed by atoms with Gasteiger partial charge >= 0.3 is 0 Å². The SMILES string of the molecule is CCN(CC(=O)Nc1ccc2c(c1)OCCO2)C(=O)c1cc(Cl)c[nH]1. The van der Waals surface area contributed by atoms with E-state index in [0.717, 1.165) is 0 Å². The number of rotatable bonds is 5. The average molecular weight is 364 g/mol. The molecule has 1 aliphatic rings. The number of carbonyl (C=O) groups excluding carboxylic acids is 2. The van der Waals surface area contributed by atoms with Crippen LogP contribution >= 0.6 is 11.6 Å². The van der Waals surface area contributed by atoms with E-state index in [1.165, 1.54) is 17.2 Å². The van der Waals surface area contributed by atoms with Crippen LogP contribution < -0.4 is 14.8 Å². The van der Waals surface area contributed by atoms with Gasteiger partial charge in [-0.2, -0.15) is 0 Å². The topological polar surface area (TPSA) is 83.7 Å². The first-order chi connectivity index (χ1) is 12.1. The number of nitrogens with zero attached hydrogens (tertiary/aromatic N) is 1. The summed E-state index contributed by atoms with van der Waals surface area (Å²) in [6.07, 6.45) is 1.53. The Hall–Kier alpha value is -2.67. The van der Waals surface area contributed by atoms with Crippen molar-refractivity contribution in [2.75, 3.05) is 31.6 Å². The zero-order valence-electron chi connectivity index (χ0n) is 13.7. The van der Waals surface area contributed by atoms with E-state index < -0.39 is 0 Å². The summed E-state index contributed by atoms with van der Waals surface area (Å²) in [5.41, 5.74) is 0.930. The van der Waals surface area contributed by atoms with Crippen LogP contribution in [0.3, 0.4) is 0 Å². The molecule has 25 heavy (non-hydrogen) atoms. The summed E-state index contributed by atoms with van der Waals surface area (Å²) in [6.45, 7) is 3.11. The normalized spacial score (nSPS) is 12.6. The molecule has 7 nitrogen and oxygen atoms in total. The van der Waals surface area contributed by atoms with E-state index in [0.29, 0.717) is 47.7 Å². The number of likely N-dealkylation sites (N-methyl/N-ethyl adjacent to an activating group) is 1. The Morgan fingerprint density at radius 2 is 2.00 bits per heavy atom. The molecule has 2 heterocycles. The van der Waals surface area contributed by atoms with Gasteiger partial charge in [0.15, 0.2) is 11.5 Å². The van der Waals surface area contributed by atoms with Gasteiger partial charge in [0.1, 0.15) is 25.5 Å². The van der Waals surface area contributed by atoms with Gasteiger partial charge in [-0.1, -0.05) is 11.6 Å². The van der Waals surface area contributed by atoms with Crippen molar-refractivity contribution >= 4 is 29.1 Å². The van der Waals surface area contributed by atoms with Crippen molar-refractivity contribution in [2.45, 2.75) is 6.92 Å². The fourth-order valence-corrected chi connectivity index (χ4v) is 2.65. The molecule has 0 aliphatic carbocycles. The van der Waals surface area contributed by atoms with Crippen LogP contribution in [-0.2, 0) is 4.79 Å². The zero-order chi connectivity index (χ0) is 17.8. The Bertz CT molecular complexity index is 790. The fraction of sp³-hybridized carbons (Fsp3) is 0.294. The van der Waals surface area contributed by atoms with Gasteiger partial charge in [0.2, 0.25) is 5.91 Å². The predicted molar refractivity (Wildman–Crippen MR) is 93.4 cm³/mol. The van der Waals surface area contributed by atoms with E-state index in [4.69, 9.17) is 21.1 Å². The minimum atomic E-state index is -0.301. The fourth-order valence-electron chi connectivity index (χ4n) is 2.48. The molecular formula is C17H18ClN3O4. The Morgan fingerprint density at radius 3 is 2.68 bits per heavy atom. The first-order valence-corrected chi connectivity index (χ1v) is 8.27. The summed E-state index contributed by atoms with van der Waals surface area (Å²) in [5.74, 6) is 0.656. The number of hydrogen-bond donors (Lipinski definition) is 2. The third-order valence-electron chi connectivity index (χ3n) is 3.71. The molecule has 3 rings (SSSR count). The second-order valence-corrected chi connectivity index (χ2v) is 5.89. The summed E-state index contributed by atoms with van der Waals surface area (Å²) in [5, 5.41) is 3.21. The van der Waals surface area contributed by atoms with Gasteiger partial charge in [0.25, 0.3) is 5.91 Å². The minimum absolute atomic E-state index is 0.0690. The number of aromatic amines is 1. The summed E-state index contributed by atoms with van der Waals surface area (Å²) >= 11 is 5.82. The number of carbonyl (C=O) groups is 2. The molecule has 132 valence electrons. The number of benzene rings is 1. The maximum atomic E-state index is 12.4. The van der Waals surface area contributed by atoms with Crippen molar-refractivity contribution < 1.29 is 19.1 Å². The molecule has 0 atom stereocenters. The van der Waals surface area contributed by atoms with Gasteiger partial charge in [-0.15, -0.1) is 0 Å². The van der Waals surface area contributed by atoms with Gasteiger partial charge in [0.05, 0.1) is 5.02 Å². The van der Waals surface area contributed by atoms with Crippen LogP contribution in [0.5, 0.6) is 11.5 Å². The highest BCUT2D eigenvalue weighted by Crippen LogP contribution is 2.32. The van der Waals surface area contributed by atoms with Gasteiger partial charge < -0.3 is 24.7 Å². The number of amides is 2. The van der Waals surface area contributed by atoms with E-state index in [1.54, 1.807) is 25.1 Å². The highest BCUT2D eigenvalue weighted by Gasteiger charge is 2.19. The second-order valence-electron chi connectivity index (χ2n) is 5.46. The van der Waals surface area contributed by atoms with Gasteiger partial charge in [-0.05, 0) is 25.1 Å². The third kappa shape index (κ3) is 4.06. The molecule has 0 spiro atoms. The lowest BCUT2D eigenvalue weighted by Gasteiger charge is -2.21. The number of hydrogen-bond acceptors (Lipinski definition) is 4. The molecule has 0 saturated heterocycles. The number of H-pyrrole nitrogens is 1. The Kier molecular flexibility index (Phi) is 5.14. The van der Waals surface area contributed by atoms with Crippen molar-refractivity contribution in [3.8, 4) is 11.5 Å². The van der Waals surface area contributed by atoms with E-state index in [9.17, 15) is 9.59 Å². The smallest absolute Gasteiger partial charge is 0.270 e. The maximum Gasteiger partial charge on any atom is 0.270 e. The van der Waals surface area contributed by atoms with Gasteiger partial charge in [-0.25, -0.2) is 0 Å². The second kappa shape index (κ2) is 7.48. The standard InChI is InChI=1S/C17H18ClN3O4/c1-2-21(17(23)13-7-11(18)9-19-13)10-16(22)20-12-3-4-14-15(8-12)25-6-5-24-14/h3-4,7-9,19H,2,5-6,10H2,1H3,(H,20,22). The van der Waals surface area contributed by atoms with Crippen LogP contribution in [0.4, 0.5) is 5.69 Å². The van der Waals surface area contributed by atoms with Crippen LogP contribution in [0.1, 0.15) is 17.4 Å². The highest BCUT2D eigenvalue weighted by atomic mass is 35.5. The van der Waals surface area contributed by atoms with Crippen LogP contribution in [0.15, 0.2) is 30.5 Å². The molecule has 2 amide bonds. The molecule has 1 aromatic carbocycles. The zero-order valence-corrected chi connectivity index (χ0v) is 14.4. The summed E-state index contributed by atoms with van der Waals surface area (Å²) in [6, 6.07) is 6.71. The Morgan fingerprint density at radius 1 is 1.24 bits per heavy atom. The quantitative estimate of drug-likeness (QED) is 0.855.